The molecule has 0 unspecified atom stereocenters. The molecule has 0 saturated carbocycles. The highest BCUT2D eigenvalue weighted by molar-refractivity contribution is 7.89. The molecule has 0 fully saturated rings. The van der Waals surface area contributed by atoms with Gasteiger partial charge in [-0.2, -0.15) is 4.31 Å². The predicted molar refractivity (Wildman–Crippen MR) is 124 cm³/mol. The first-order valence-corrected chi connectivity index (χ1v) is 12.5. The normalized spacial score (nSPS) is 11.8. The molecular weight excluding hydrogens is 472 g/mol. The van der Waals surface area contributed by atoms with Crippen molar-refractivity contribution in [3.8, 4) is 5.75 Å². The van der Waals surface area contributed by atoms with E-state index in [-0.39, 0.29) is 37.8 Å². The lowest BCUT2D eigenvalue weighted by Crippen LogP contribution is -2.33. The summed E-state index contributed by atoms with van der Waals surface area (Å²) in [5, 5.41) is 12.1. The average molecular weight is 497 g/mol. The molecule has 0 saturated heterocycles. The van der Waals surface area contributed by atoms with E-state index in [1.165, 1.54) is 22.8 Å². The highest BCUT2D eigenvalue weighted by Crippen LogP contribution is 2.28. The molecule has 10 heteroatoms. The van der Waals surface area contributed by atoms with Gasteiger partial charge in [-0.25, -0.2) is 13.4 Å². The van der Waals surface area contributed by atoms with E-state index in [1.807, 2.05) is 6.92 Å². The summed E-state index contributed by atoms with van der Waals surface area (Å²) in [6, 6.07) is 11.8. The van der Waals surface area contributed by atoms with Crippen molar-refractivity contribution in [1.82, 2.24) is 9.29 Å². The molecule has 0 aliphatic carbocycles. The van der Waals surface area contributed by atoms with E-state index in [0.29, 0.717) is 27.0 Å². The first-order chi connectivity index (χ1) is 15.3. The zero-order chi connectivity index (χ0) is 23.1. The average Bonchev–Trinajstić information content (AvgIpc) is 3.24. The molecule has 3 rings (SSSR count). The summed E-state index contributed by atoms with van der Waals surface area (Å²) in [5.41, 5.74) is 2.19. The molecule has 3 aromatic rings. The molecule has 2 aromatic carbocycles. The molecule has 7 nitrogen and oxygen atoms in total. The summed E-state index contributed by atoms with van der Waals surface area (Å²) >= 11 is 7.59. The van der Waals surface area contributed by atoms with Crippen LogP contribution in [0.4, 0.5) is 0 Å². The SMILES string of the molecule is COCCN(Cc1cc(Cl)ccc1OCc1nc(CO)cs1)S(=O)(=O)c1ccc(C)cc1. The van der Waals surface area contributed by atoms with Gasteiger partial charge in [-0.05, 0) is 37.3 Å². The number of rotatable bonds is 11. The monoisotopic (exact) mass is 496 g/mol. The maximum absolute atomic E-state index is 13.3. The van der Waals surface area contributed by atoms with E-state index in [9.17, 15) is 13.5 Å². The van der Waals surface area contributed by atoms with Gasteiger partial charge in [0.2, 0.25) is 10.0 Å². The maximum atomic E-state index is 13.3. The standard InChI is InChI=1S/C22H25ClN2O5S2/c1-16-3-6-20(7-4-16)32(27,28)25(9-10-29-2)12-17-11-18(23)5-8-21(17)30-14-22-24-19(13-26)15-31-22/h3-8,11,15,26H,9-10,12-14H2,1-2H3. The molecular formula is C22H25ClN2O5S2. The van der Waals surface area contributed by atoms with Crippen molar-refractivity contribution in [2.75, 3.05) is 20.3 Å². The Balaban J connectivity index is 1.86. The van der Waals surface area contributed by atoms with Crippen molar-refractivity contribution in [3.05, 3.63) is 74.7 Å². The topological polar surface area (TPSA) is 89.0 Å². The van der Waals surface area contributed by atoms with Crippen LogP contribution < -0.4 is 4.74 Å². The molecule has 0 bridgehead atoms. The van der Waals surface area contributed by atoms with Crippen molar-refractivity contribution in [2.24, 2.45) is 0 Å². The molecule has 0 aliphatic rings. The van der Waals surface area contributed by atoms with Crippen LogP contribution in [0.15, 0.2) is 52.7 Å². The molecule has 172 valence electrons. The Morgan fingerprint density at radius 3 is 2.59 bits per heavy atom. The second-order valence-corrected chi connectivity index (χ2v) is 10.4. The Bertz CT molecular complexity index is 1130. The molecule has 32 heavy (non-hydrogen) atoms. The van der Waals surface area contributed by atoms with Gasteiger partial charge in [-0.15, -0.1) is 11.3 Å². The Hall–Kier alpha value is -2.01. The number of benzene rings is 2. The zero-order valence-electron chi connectivity index (χ0n) is 17.8. The van der Waals surface area contributed by atoms with E-state index in [4.69, 9.17) is 21.1 Å². The van der Waals surface area contributed by atoms with Crippen LogP contribution in [0.1, 0.15) is 21.8 Å². The molecule has 1 N–H and O–H groups in total. The predicted octanol–water partition coefficient (Wildman–Crippen LogP) is 4.01. The van der Waals surface area contributed by atoms with Gasteiger partial charge >= 0.3 is 0 Å². The summed E-state index contributed by atoms with van der Waals surface area (Å²) in [6.07, 6.45) is 0. The summed E-state index contributed by atoms with van der Waals surface area (Å²) in [4.78, 5) is 4.48. The molecule has 0 atom stereocenters. The van der Waals surface area contributed by atoms with Crippen molar-refractivity contribution >= 4 is 33.0 Å². The Morgan fingerprint density at radius 2 is 1.94 bits per heavy atom. The van der Waals surface area contributed by atoms with E-state index in [0.717, 1.165) is 5.56 Å². The number of halogens is 1. The number of methoxy groups -OCH3 is 1. The quantitative estimate of drug-likeness (QED) is 0.431. The number of aromatic nitrogens is 1. The van der Waals surface area contributed by atoms with Crippen LogP contribution in [0, 0.1) is 6.92 Å². The first kappa shape index (κ1) is 24.6. The van der Waals surface area contributed by atoms with Gasteiger partial charge in [0.1, 0.15) is 17.4 Å². The molecule has 0 radical (unpaired) electrons. The fourth-order valence-corrected chi connectivity index (χ4v) is 5.26. The largest absolute Gasteiger partial charge is 0.486 e. The van der Waals surface area contributed by atoms with Gasteiger partial charge in [-0.1, -0.05) is 29.3 Å². The second kappa shape index (κ2) is 11.2. The zero-order valence-corrected chi connectivity index (χ0v) is 20.2. The number of aliphatic hydroxyl groups is 1. The van der Waals surface area contributed by atoms with Crippen LogP contribution in [0.2, 0.25) is 5.02 Å². The van der Waals surface area contributed by atoms with Crippen LogP contribution >= 0.6 is 22.9 Å². The van der Waals surface area contributed by atoms with Gasteiger partial charge in [0, 0.05) is 36.2 Å². The minimum absolute atomic E-state index is 0.0647. The fourth-order valence-electron chi connectivity index (χ4n) is 2.97. The van der Waals surface area contributed by atoms with Gasteiger partial charge in [0.15, 0.2) is 0 Å². The van der Waals surface area contributed by atoms with Crippen molar-refractivity contribution < 1.29 is 23.0 Å². The third-order valence-corrected chi connectivity index (χ3v) is 7.65. The number of aliphatic hydroxyl groups excluding tert-OH is 1. The number of ether oxygens (including phenoxy) is 2. The highest BCUT2D eigenvalue weighted by atomic mass is 35.5. The summed E-state index contributed by atoms with van der Waals surface area (Å²) < 4.78 is 39.1. The summed E-state index contributed by atoms with van der Waals surface area (Å²) in [7, 11) is -2.24. The lowest BCUT2D eigenvalue weighted by atomic mass is 10.2. The number of nitrogens with zero attached hydrogens (tertiary/aromatic N) is 2. The number of aryl methyl sites for hydroxylation is 1. The number of sulfonamides is 1. The van der Waals surface area contributed by atoms with Crippen LogP contribution in [0.5, 0.6) is 5.75 Å². The molecule has 0 amide bonds. The minimum Gasteiger partial charge on any atom is -0.486 e. The van der Waals surface area contributed by atoms with E-state index < -0.39 is 10.0 Å². The van der Waals surface area contributed by atoms with Crippen molar-refractivity contribution in [2.45, 2.75) is 31.6 Å². The van der Waals surface area contributed by atoms with Crippen LogP contribution in [-0.2, 0) is 34.5 Å². The van der Waals surface area contributed by atoms with E-state index >= 15 is 0 Å². The third kappa shape index (κ3) is 6.28. The maximum Gasteiger partial charge on any atom is 0.243 e. The van der Waals surface area contributed by atoms with Crippen LogP contribution in [-0.4, -0.2) is 43.1 Å². The van der Waals surface area contributed by atoms with Gasteiger partial charge in [0.05, 0.1) is 23.8 Å². The summed E-state index contributed by atoms with van der Waals surface area (Å²) in [6.45, 7) is 2.45. The lowest BCUT2D eigenvalue weighted by molar-refractivity contribution is 0.177. The number of thiazole rings is 1. The molecule has 0 aliphatic heterocycles. The van der Waals surface area contributed by atoms with Crippen LogP contribution in [0.3, 0.4) is 0 Å². The van der Waals surface area contributed by atoms with Gasteiger partial charge in [-0.3, -0.25) is 0 Å². The number of hydrogen-bond acceptors (Lipinski definition) is 7. The first-order valence-electron chi connectivity index (χ1n) is 9.84. The van der Waals surface area contributed by atoms with Gasteiger partial charge in [0.25, 0.3) is 0 Å². The van der Waals surface area contributed by atoms with E-state index in [1.54, 1.807) is 47.8 Å². The van der Waals surface area contributed by atoms with Crippen molar-refractivity contribution in [1.29, 1.82) is 0 Å². The van der Waals surface area contributed by atoms with Crippen molar-refractivity contribution in [3.63, 3.8) is 0 Å². The third-order valence-electron chi connectivity index (χ3n) is 4.69. The summed E-state index contributed by atoms with van der Waals surface area (Å²) in [5.74, 6) is 0.511. The smallest absolute Gasteiger partial charge is 0.243 e. The highest BCUT2D eigenvalue weighted by Gasteiger charge is 2.25. The number of hydrogen-bond donors (Lipinski definition) is 1. The second-order valence-electron chi connectivity index (χ2n) is 7.08. The van der Waals surface area contributed by atoms with Crippen LogP contribution in [0.25, 0.3) is 0 Å². The fraction of sp³-hybridized carbons (Fsp3) is 0.318. The lowest BCUT2D eigenvalue weighted by Gasteiger charge is -2.23. The Kier molecular flexibility index (Phi) is 8.64. The Labute approximate surface area is 197 Å². The minimum atomic E-state index is -3.77. The Morgan fingerprint density at radius 1 is 1.19 bits per heavy atom. The molecule has 1 heterocycles. The van der Waals surface area contributed by atoms with E-state index in [2.05, 4.69) is 4.98 Å². The molecule has 0 spiro atoms. The molecule has 1 aromatic heterocycles. The van der Waals surface area contributed by atoms with Gasteiger partial charge < -0.3 is 14.6 Å².